The Bertz CT molecular complexity index is 684. The molecule has 0 saturated heterocycles. The van der Waals surface area contributed by atoms with Crippen LogP contribution in [0.15, 0.2) is 23.1 Å². The molecule has 0 fully saturated rings. The predicted octanol–water partition coefficient (Wildman–Crippen LogP) is 1.88. The minimum absolute atomic E-state index is 0.0807. The number of rotatable bonds is 3. The number of sulfonamides is 1. The van der Waals surface area contributed by atoms with E-state index in [4.69, 9.17) is 17.3 Å². The molecule has 2 aromatic rings. The number of nitrogens with zero attached hydrogens (tertiary/aromatic N) is 2. The maximum Gasteiger partial charge on any atom is 0.265 e. The molecule has 3 N–H and O–H groups in total. The number of hydrogen-bond donors (Lipinski definition) is 2. The summed E-state index contributed by atoms with van der Waals surface area (Å²) in [6.45, 7) is 1.67. The molecule has 0 bridgehead atoms. The third-order valence-corrected chi connectivity index (χ3v) is 4.50. The lowest BCUT2D eigenvalue weighted by Gasteiger charge is -2.07. The molecule has 0 radical (unpaired) electrons. The zero-order valence-corrected chi connectivity index (χ0v) is 11.6. The van der Waals surface area contributed by atoms with Gasteiger partial charge in [-0.3, -0.25) is 4.72 Å². The number of aromatic nitrogens is 2. The first kappa shape index (κ1) is 13.1. The van der Waals surface area contributed by atoms with E-state index in [1.54, 1.807) is 6.92 Å². The van der Waals surface area contributed by atoms with E-state index in [9.17, 15) is 8.42 Å². The molecule has 0 amide bonds. The zero-order chi connectivity index (χ0) is 13.3. The highest BCUT2D eigenvalue weighted by atomic mass is 35.5. The Morgan fingerprint density at radius 3 is 2.78 bits per heavy atom. The Labute approximate surface area is 113 Å². The van der Waals surface area contributed by atoms with Crippen LogP contribution < -0.4 is 10.5 Å². The number of hydrogen-bond acceptors (Lipinski definition) is 6. The Balaban J connectivity index is 2.39. The van der Waals surface area contributed by atoms with E-state index in [2.05, 4.69) is 14.1 Å². The van der Waals surface area contributed by atoms with Crippen molar-refractivity contribution in [3.05, 3.63) is 29.0 Å². The van der Waals surface area contributed by atoms with Gasteiger partial charge >= 0.3 is 0 Å². The third-order valence-electron chi connectivity index (χ3n) is 2.01. The zero-order valence-electron chi connectivity index (χ0n) is 9.21. The van der Waals surface area contributed by atoms with Crippen molar-refractivity contribution >= 4 is 44.0 Å². The van der Waals surface area contributed by atoms with Crippen LogP contribution in [0, 0.1) is 6.92 Å². The van der Waals surface area contributed by atoms with Gasteiger partial charge in [0, 0.05) is 16.6 Å². The van der Waals surface area contributed by atoms with Gasteiger partial charge < -0.3 is 5.73 Å². The number of halogens is 1. The van der Waals surface area contributed by atoms with Gasteiger partial charge in [-0.1, -0.05) is 11.6 Å². The van der Waals surface area contributed by atoms with Crippen molar-refractivity contribution in [1.29, 1.82) is 0 Å². The van der Waals surface area contributed by atoms with Crippen LogP contribution in [0.4, 0.5) is 10.8 Å². The summed E-state index contributed by atoms with van der Waals surface area (Å²) in [7, 11) is -3.80. The third kappa shape index (κ3) is 2.71. The van der Waals surface area contributed by atoms with Gasteiger partial charge in [-0.15, -0.1) is 0 Å². The van der Waals surface area contributed by atoms with Gasteiger partial charge in [0.15, 0.2) is 0 Å². The molecule has 1 heterocycles. The van der Waals surface area contributed by atoms with Gasteiger partial charge in [0.25, 0.3) is 10.0 Å². The summed E-state index contributed by atoms with van der Waals surface area (Å²) in [5.41, 5.74) is 5.74. The first-order valence-electron chi connectivity index (χ1n) is 4.76. The normalized spacial score (nSPS) is 11.4. The van der Waals surface area contributed by atoms with Crippen LogP contribution in [0.2, 0.25) is 5.02 Å². The average Bonchev–Trinajstić information content (AvgIpc) is 2.66. The molecule has 6 nitrogen and oxygen atoms in total. The van der Waals surface area contributed by atoms with Crippen LogP contribution in [-0.4, -0.2) is 17.8 Å². The van der Waals surface area contributed by atoms with Crippen LogP contribution in [0.1, 0.15) is 5.82 Å². The molecular weight excluding hydrogens is 296 g/mol. The van der Waals surface area contributed by atoms with Crippen molar-refractivity contribution in [3.63, 3.8) is 0 Å². The number of nitrogens with one attached hydrogen (secondary N) is 1. The predicted molar refractivity (Wildman–Crippen MR) is 71.3 cm³/mol. The lowest BCUT2D eigenvalue weighted by molar-refractivity contribution is 0.601. The highest BCUT2D eigenvalue weighted by Gasteiger charge is 2.19. The molecule has 0 aliphatic carbocycles. The fourth-order valence-corrected chi connectivity index (χ4v) is 3.44. The summed E-state index contributed by atoms with van der Waals surface area (Å²) in [6, 6.07) is 4.24. The summed E-state index contributed by atoms with van der Waals surface area (Å²) in [5.74, 6) is 0.497. The fourth-order valence-electron chi connectivity index (χ4n) is 1.25. The topological polar surface area (TPSA) is 98.0 Å². The molecule has 9 heteroatoms. The molecule has 1 aromatic carbocycles. The minimum Gasteiger partial charge on any atom is -0.398 e. The number of nitrogen functional groups attached to an aromatic ring is 1. The van der Waals surface area contributed by atoms with E-state index < -0.39 is 10.0 Å². The van der Waals surface area contributed by atoms with Gasteiger partial charge in [-0.05, 0) is 25.1 Å². The molecule has 96 valence electrons. The monoisotopic (exact) mass is 304 g/mol. The summed E-state index contributed by atoms with van der Waals surface area (Å²) in [6.07, 6.45) is 0. The van der Waals surface area contributed by atoms with Crippen molar-refractivity contribution in [3.8, 4) is 0 Å². The summed E-state index contributed by atoms with van der Waals surface area (Å²) in [4.78, 5) is 3.84. The van der Waals surface area contributed by atoms with Crippen LogP contribution in [-0.2, 0) is 10.0 Å². The van der Waals surface area contributed by atoms with E-state index in [1.807, 2.05) is 0 Å². The molecule has 2 rings (SSSR count). The second-order valence-corrected chi connectivity index (χ2v) is 6.27. The minimum atomic E-state index is -3.80. The lowest BCUT2D eigenvalue weighted by Crippen LogP contribution is -2.14. The Morgan fingerprint density at radius 2 is 2.17 bits per heavy atom. The Hall–Kier alpha value is -1.38. The highest BCUT2D eigenvalue weighted by Crippen LogP contribution is 2.25. The molecule has 0 aliphatic rings. The van der Waals surface area contributed by atoms with Gasteiger partial charge in [-0.2, -0.15) is 4.37 Å². The summed E-state index contributed by atoms with van der Waals surface area (Å²) in [5, 5.41) is 0.477. The molecule has 0 unspecified atom stereocenters. The van der Waals surface area contributed by atoms with Crippen molar-refractivity contribution in [2.24, 2.45) is 0 Å². The second-order valence-electron chi connectivity index (χ2n) is 3.43. The van der Waals surface area contributed by atoms with Crippen LogP contribution in [0.3, 0.4) is 0 Å². The van der Waals surface area contributed by atoms with E-state index in [0.29, 0.717) is 5.82 Å². The van der Waals surface area contributed by atoms with Crippen molar-refractivity contribution in [2.45, 2.75) is 11.8 Å². The Kier molecular flexibility index (Phi) is 3.42. The Morgan fingerprint density at radius 1 is 1.44 bits per heavy atom. The summed E-state index contributed by atoms with van der Waals surface area (Å²) < 4.78 is 30.3. The van der Waals surface area contributed by atoms with Crippen LogP contribution in [0.5, 0.6) is 0 Å². The number of anilines is 2. The molecule has 18 heavy (non-hydrogen) atoms. The van der Waals surface area contributed by atoms with E-state index in [-0.39, 0.29) is 20.7 Å². The molecular formula is C9H9ClN4O2S2. The second kappa shape index (κ2) is 4.71. The maximum absolute atomic E-state index is 12.1. The standard InChI is InChI=1S/C9H9ClN4O2S2/c1-5-12-9(17-13-5)14-18(15,16)8-4-6(10)2-3-7(8)11/h2-4H,11H2,1H3,(H,12,13,14). The largest absolute Gasteiger partial charge is 0.398 e. The van der Waals surface area contributed by atoms with E-state index >= 15 is 0 Å². The quantitative estimate of drug-likeness (QED) is 0.844. The molecule has 1 aromatic heterocycles. The smallest absolute Gasteiger partial charge is 0.265 e. The number of benzene rings is 1. The maximum atomic E-state index is 12.1. The SMILES string of the molecule is Cc1nsc(NS(=O)(=O)c2cc(Cl)ccc2N)n1. The highest BCUT2D eigenvalue weighted by molar-refractivity contribution is 7.93. The number of nitrogens with two attached hydrogens (primary N) is 1. The summed E-state index contributed by atoms with van der Waals surface area (Å²) >= 11 is 6.71. The first-order valence-corrected chi connectivity index (χ1v) is 7.40. The lowest BCUT2D eigenvalue weighted by atomic mass is 10.3. The average molecular weight is 305 g/mol. The first-order chi connectivity index (χ1) is 8.38. The van der Waals surface area contributed by atoms with Gasteiger partial charge in [0.1, 0.15) is 10.7 Å². The van der Waals surface area contributed by atoms with Crippen LogP contribution in [0.25, 0.3) is 0 Å². The molecule has 0 atom stereocenters. The van der Waals surface area contributed by atoms with E-state index in [1.165, 1.54) is 18.2 Å². The van der Waals surface area contributed by atoms with Crippen molar-refractivity contribution < 1.29 is 8.42 Å². The molecule has 0 aliphatic heterocycles. The molecule has 0 saturated carbocycles. The van der Waals surface area contributed by atoms with Crippen molar-refractivity contribution in [1.82, 2.24) is 9.36 Å². The van der Waals surface area contributed by atoms with Crippen LogP contribution >= 0.6 is 23.1 Å². The van der Waals surface area contributed by atoms with Gasteiger partial charge in [0.2, 0.25) is 5.13 Å². The van der Waals surface area contributed by atoms with E-state index in [0.717, 1.165) is 11.5 Å². The fraction of sp³-hybridized carbons (Fsp3) is 0.111. The molecule has 0 spiro atoms. The van der Waals surface area contributed by atoms with Crippen molar-refractivity contribution in [2.75, 3.05) is 10.5 Å². The van der Waals surface area contributed by atoms with Gasteiger partial charge in [0.05, 0.1) is 5.69 Å². The number of aryl methyl sites for hydroxylation is 1. The van der Waals surface area contributed by atoms with Gasteiger partial charge in [-0.25, -0.2) is 13.4 Å².